The molecule has 2 heterocycles. The Morgan fingerprint density at radius 2 is 2.20 bits per heavy atom. The van der Waals surface area contributed by atoms with Crippen molar-refractivity contribution in [2.24, 2.45) is 5.73 Å². The van der Waals surface area contributed by atoms with Gasteiger partial charge in [0.05, 0.1) is 0 Å². The maximum atomic E-state index is 13.8. The fraction of sp³-hybridized carbons (Fsp3) is 0.333. The number of halogens is 1. The molecule has 2 aliphatic rings. The second-order valence-electron chi connectivity index (χ2n) is 5.64. The summed E-state index contributed by atoms with van der Waals surface area (Å²) in [4.78, 5) is 49.6. The van der Waals surface area contributed by atoms with E-state index in [4.69, 9.17) is 10.5 Å². The number of imide groups is 2. The van der Waals surface area contributed by atoms with Crippen LogP contribution in [0.15, 0.2) is 18.2 Å². The molecule has 1 aromatic carbocycles. The number of rotatable bonds is 2. The van der Waals surface area contributed by atoms with Gasteiger partial charge in [0, 0.05) is 18.5 Å². The van der Waals surface area contributed by atoms with Crippen LogP contribution in [-0.2, 0) is 15.1 Å². The van der Waals surface area contributed by atoms with Gasteiger partial charge in [-0.05, 0) is 25.1 Å². The number of hydrogen-bond donors (Lipinski definition) is 3. The highest BCUT2D eigenvalue weighted by Gasteiger charge is 2.61. The molecule has 0 aliphatic carbocycles. The maximum Gasteiger partial charge on any atom is 0.333 e. The van der Waals surface area contributed by atoms with Gasteiger partial charge in [-0.25, -0.2) is 18.9 Å². The molecule has 0 aromatic heterocycles. The van der Waals surface area contributed by atoms with Crippen molar-refractivity contribution in [3.63, 3.8) is 0 Å². The second kappa shape index (κ2) is 5.72. The third-order valence-electron chi connectivity index (χ3n) is 4.17. The molecule has 2 unspecified atom stereocenters. The number of nitrogens with one attached hydrogen (secondary N) is 2. The third kappa shape index (κ3) is 2.37. The number of fused-ring (bicyclic) bond motifs is 2. The summed E-state index contributed by atoms with van der Waals surface area (Å²) in [7, 11) is 0. The van der Waals surface area contributed by atoms with Crippen molar-refractivity contribution in [1.29, 1.82) is 0 Å². The zero-order valence-corrected chi connectivity index (χ0v) is 13.2. The third-order valence-corrected chi connectivity index (χ3v) is 4.17. The van der Waals surface area contributed by atoms with Crippen LogP contribution in [0.4, 0.5) is 14.0 Å². The molecule has 1 saturated heterocycles. The van der Waals surface area contributed by atoms with E-state index >= 15 is 0 Å². The van der Waals surface area contributed by atoms with Crippen LogP contribution in [0.25, 0.3) is 0 Å². The summed E-state index contributed by atoms with van der Waals surface area (Å²) >= 11 is 0. The molecule has 6 amide bonds. The van der Waals surface area contributed by atoms with E-state index in [0.29, 0.717) is 4.90 Å². The van der Waals surface area contributed by atoms with E-state index < -0.39 is 47.8 Å². The summed E-state index contributed by atoms with van der Waals surface area (Å²) in [5.74, 6) is -2.43. The van der Waals surface area contributed by atoms with Crippen LogP contribution in [0.1, 0.15) is 18.9 Å². The fourth-order valence-electron chi connectivity index (χ4n) is 3.11. The first-order valence-electron chi connectivity index (χ1n) is 7.50. The number of urea groups is 2. The molecule has 4 N–H and O–H groups in total. The van der Waals surface area contributed by atoms with Crippen LogP contribution < -0.4 is 21.1 Å². The quantitative estimate of drug-likeness (QED) is 0.643. The average Bonchev–Trinajstić information content (AvgIpc) is 2.78. The Bertz CT molecular complexity index is 798. The van der Waals surface area contributed by atoms with E-state index in [1.54, 1.807) is 6.92 Å². The number of nitrogens with two attached hydrogens (primary N) is 1. The smallest absolute Gasteiger partial charge is 0.333 e. The van der Waals surface area contributed by atoms with E-state index in [1.165, 1.54) is 6.07 Å². The normalized spacial score (nSPS) is 24.6. The molecule has 0 bridgehead atoms. The molecular formula is C15H15FN4O5. The van der Waals surface area contributed by atoms with Crippen LogP contribution in [0.3, 0.4) is 0 Å². The molecule has 0 radical (unpaired) electrons. The Balaban J connectivity index is 2.24. The van der Waals surface area contributed by atoms with Gasteiger partial charge in [0.15, 0.2) is 11.6 Å². The molecule has 1 spiro atoms. The zero-order chi connectivity index (χ0) is 18.4. The minimum absolute atomic E-state index is 0.00408. The van der Waals surface area contributed by atoms with Gasteiger partial charge >= 0.3 is 12.1 Å². The first-order chi connectivity index (χ1) is 11.8. The van der Waals surface area contributed by atoms with Crippen LogP contribution >= 0.6 is 0 Å². The van der Waals surface area contributed by atoms with Gasteiger partial charge in [0.2, 0.25) is 0 Å². The molecule has 2 aliphatic heterocycles. The summed E-state index contributed by atoms with van der Waals surface area (Å²) in [6.45, 7) is 1.82. The number of carbonyl (C=O) groups is 4. The van der Waals surface area contributed by atoms with Gasteiger partial charge < -0.3 is 15.8 Å². The number of nitrogens with zero attached hydrogens (tertiary/aromatic N) is 1. The monoisotopic (exact) mass is 350 g/mol. The lowest BCUT2D eigenvalue weighted by Crippen LogP contribution is -2.58. The van der Waals surface area contributed by atoms with E-state index in [9.17, 15) is 23.6 Å². The minimum Gasteiger partial charge on any atom is -0.480 e. The Hall–Kier alpha value is -3.17. The number of primary amides is 1. The van der Waals surface area contributed by atoms with Crippen molar-refractivity contribution in [3.05, 3.63) is 29.6 Å². The van der Waals surface area contributed by atoms with Crippen molar-refractivity contribution in [1.82, 2.24) is 15.5 Å². The molecule has 10 heteroatoms. The number of amides is 6. The second-order valence-corrected chi connectivity index (χ2v) is 5.64. The Kier molecular flexibility index (Phi) is 3.82. The van der Waals surface area contributed by atoms with E-state index in [2.05, 4.69) is 5.32 Å². The molecule has 132 valence electrons. The van der Waals surface area contributed by atoms with Crippen LogP contribution in [0, 0.1) is 5.82 Å². The lowest BCUT2D eigenvalue weighted by Gasteiger charge is -2.40. The highest BCUT2D eigenvalue weighted by atomic mass is 19.1. The van der Waals surface area contributed by atoms with Crippen molar-refractivity contribution in [2.45, 2.75) is 25.0 Å². The molecule has 2 atom stereocenters. The molecular weight excluding hydrogens is 335 g/mol. The molecule has 9 nitrogen and oxygen atoms in total. The highest BCUT2D eigenvalue weighted by Crippen LogP contribution is 2.46. The largest absolute Gasteiger partial charge is 0.480 e. The average molecular weight is 350 g/mol. The summed E-state index contributed by atoms with van der Waals surface area (Å²) < 4.78 is 19.2. The molecule has 0 saturated carbocycles. The molecule has 1 fully saturated rings. The molecule has 25 heavy (non-hydrogen) atoms. The predicted molar refractivity (Wildman–Crippen MR) is 80.8 cm³/mol. The standard InChI is InChI=1S/C15H15FN4O5/c1-2-18-13(23)20-14(24)19-12(22)15(20)6-10(11(17)21)25-9-4-3-7(16)5-8(9)15/h3-5,10H,2,6H2,1H3,(H2,17,21)(H,18,23)(H,19,22,24). The molecule has 3 rings (SSSR count). The van der Waals surface area contributed by atoms with E-state index in [-0.39, 0.29) is 17.9 Å². The zero-order valence-electron chi connectivity index (χ0n) is 13.2. The lowest BCUT2D eigenvalue weighted by molar-refractivity contribution is -0.133. The van der Waals surface area contributed by atoms with Crippen LogP contribution in [-0.4, -0.2) is 41.4 Å². The van der Waals surface area contributed by atoms with Gasteiger partial charge in [-0.15, -0.1) is 0 Å². The Labute approximate surface area is 141 Å². The van der Waals surface area contributed by atoms with Crippen molar-refractivity contribution >= 4 is 23.9 Å². The minimum atomic E-state index is -1.92. The Morgan fingerprint density at radius 1 is 1.48 bits per heavy atom. The van der Waals surface area contributed by atoms with Gasteiger partial charge in [-0.3, -0.25) is 14.9 Å². The summed E-state index contributed by atoms with van der Waals surface area (Å²) in [5, 5.41) is 4.47. The van der Waals surface area contributed by atoms with Crippen LogP contribution in [0.2, 0.25) is 0 Å². The number of hydrogen-bond acceptors (Lipinski definition) is 5. The summed E-state index contributed by atoms with van der Waals surface area (Å²) in [6, 6.07) is 1.45. The number of benzene rings is 1. The van der Waals surface area contributed by atoms with Gasteiger partial charge in [-0.1, -0.05) is 0 Å². The van der Waals surface area contributed by atoms with E-state index in [1.807, 2.05) is 5.32 Å². The first-order valence-corrected chi connectivity index (χ1v) is 7.50. The van der Waals surface area contributed by atoms with Gasteiger partial charge in [-0.2, -0.15) is 0 Å². The van der Waals surface area contributed by atoms with E-state index in [0.717, 1.165) is 12.1 Å². The lowest BCUT2D eigenvalue weighted by atomic mass is 9.80. The molecule has 1 aromatic rings. The fourth-order valence-corrected chi connectivity index (χ4v) is 3.11. The predicted octanol–water partition coefficient (Wildman–Crippen LogP) is -0.0613. The van der Waals surface area contributed by atoms with Crippen LogP contribution in [0.5, 0.6) is 5.75 Å². The first kappa shape index (κ1) is 16.7. The number of ether oxygens (including phenoxy) is 1. The van der Waals surface area contributed by atoms with Gasteiger partial charge in [0.1, 0.15) is 11.6 Å². The van der Waals surface area contributed by atoms with Crippen molar-refractivity contribution < 1.29 is 28.3 Å². The highest BCUT2D eigenvalue weighted by molar-refractivity contribution is 6.14. The van der Waals surface area contributed by atoms with Crippen molar-refractivity contribution in [3.8, 4) is 5.75 Å². The number of carbonyl (C=O) groups excluding carboxylic acids is 4. The van der Waals surface area contributed by atoms with Crippen molar-refractivity contribution in [2.75, 3.05) is 6.54 Å². The topological polar surface area (TPSA) is 131 Å². The summed E-state index contributed by atoms with van der Waals surface area (Å²) in [6.07, 6.45) is -1.68. The SMILES string of the molecule is CCNC(=O)N1C(=O)NC(=O)C12CC(C(N)=O)Oc1ccc(F)cc12. The summed E-state index contributed by atoms with van der Waals surface area (Å²) in [5.41, 5.74) is 3.34. The van der Waals surface area contributed by atoms with Gasteiger partial charge in [0.25, 0.3) is 11.8 Å². The Morgan fingerprint density at radius 3 is 2.84 bits per heavy atom. The maximum absolute atomic E-state index is 13.8.